The molecule has 3 heterocycles. The van der Waals surface area contributed by atoms with Gasteiger partial charge in [0.1, 0.15) is 12.1 Å². The molecule has 0 bridgehead atoms. The third-order valence-electron chi connectivity index (χ3n) is 5.10. The van der Waals surface area contributed by atoms with E-state index in [0.717, 1.165) is 38.1 Å². The summed E-state index contributed by atoms with van der Waals surface area (Å²) in [6.45, 7) is 1.10. The molecule has 1 unspecified atom stereocenters. The molecule has 1 atom stereocenters. The predicted molar refractivity (Wildman–Crippen MR) is 86.3 cm³/mol. The molecule has 1 aliphatic heterocycles. The lowest BCUT2D eigenvalue weighted by molar-refractivity contribution is -0.141. The number of halogens is 3. The van der Waals surface area contributed by atoms with Crippen molar-refractivity contribution in [3.05, 3.63) is 18.1 Å². The van der Waals surface area contributed by atoms with Gasteiger partial charge in [-0.2, -0.15) is 27.8 Å². The number of hydrogen-bond donors (Lipinski definition) is 1. The molecule has 2 fully saturated rings. The van der Waals surface area contributed by atoms with E-state index in [1.165, 1.54) is 4.52 Å². The number of fused-ring (bicyclic) bond motifs is 1. The Labute approximate surface area is 147 Å². The first-order chi connectivity index (χ1) is 12.4. The minimum atomic E-state index is -4.57. The Morgan fingerprint density at radius 3 is 2.73 bits per heavy atom. The monoisotopic (exact) mass is 368 g/mol. The maximum atomic E-state index is 13.1. The molecule has 0 aromatic carbocycles. The van der Waals surface area contributed by atoms with Crippen molar-refractivity contribution in [1.82, 2.24) is 24.5 Å². The third-order valence-corrected chi connectivity index (χ3v) is 5.10. The van der Waals surface area contributed by atoms with Crippen LogP contribution in [-0.4, -0.2) is 49.5 Å². The highest BCUT2D eigenvalue weighted by molar-refractivity contribution is 5.79. The van der Waals surface area contributed by atoms with Crippen LogP contribution in [0.1, 0.15) is 37.8 Å². The molecule has 2 aliphatic rings. The van der Waals surface area contributed by atoms with Crippen molar-refractivity contribution >= 4 is 17.5 Å². The second-order valence-corrected chi connectivity index (χ2v) is 6.89. The van der Waals surface area contributed by atoms with Crippen molar-refractivity contribution in [3.63, 3.8) is 0 Å². The van der Waals surface area contributed by atoms with Crippen LogP contribution in [-0.2, 0) is 11.0 Å². The summed E-state index contributed by atoms with van der Waals surface area (Å²) in [5.74, 6) is 0.344. The van der Waals surface area contributed by atoms with Gasteiger partial charge in [-0.3, -0.25) is 4.79 Å². The van der Waals surface area contributed by atoms with E-state index in [1.54, 1.807) is 0 Å². The Morgan fingerprint density at radius 1 is 1.23 bits per heavy atom. The third kappa shape index (κ3) is 3.19. The van der Waals surface area contributed by atoms with Crippen LogP contribution in [0.3, 0.4) is 0 Å². The van der Waals surface area contributed by atoms with Crippen molar-refractivity contribution in [2.45, 2.75) is 44.3 Å². The maximum absolute atomic E-state index is 13.1. The zero-order valence-corrected chi connectivity index (χ0v) is 14.0. The lowest BCUT2D eigenvalue weighted by Gasteiger charge is -2.21. The molecule has 0 radical (unpaired) electrons. The molecule has 0 spiro atoms. The summed E-state index contributed by atoms with van der Waals surface area (Å²) in [7, 11) is 0. The van der Waals surface area contributed by atoms with Gasteiger partial charge in [0, 0.05) is 31.1 Å². The number of nitrogens with zero attached hydrogens (tertiary/aromatic N) is 5. The molecule has 10 heteroatoms. The van der Waals surface area contributed by atoms with E-state index in [-0.39, 0.29) is 29.5 Å². The molecule has 1 saturated carbocycles. The molecule has 4 rings (SSSR count). The Bertz CT molecular complexity index is 814. The average Bonchev–Trinajstić information content (AvgIpc) is 3.34. The first-order valence-electron chi connectivity index (χ1n) is 8.75. The lowest BCUT2D eigenvalue weighted by Crippen LogP contribution is -2.35. The second-order valence-electron chi connectivity index (χ2n) is 6.89. The van der Waals surface area contributed by atoms with Crippen LogP contribution in [0.5, 0.6) is 0 Å². The number of rotatable bonds is 3. The van der Waals surface area contributed by atoms with E-state index in [2.05, 4.69) is 20.4 Å². The van der Waals surface area contributed by atoms with Crippen molar-refractivity contribution in [2.24, 2.45) is 5.92 Å². The van der Waals surface area contributed by atoms with Gasteiger partial charge in [0.15, 0.2) is 5.69 Å². The Hall–Kier alpha value is -2.39. The normalized spacial score (nSPS) is 21.7. The summed E-state index contributed by atoms with van der Waals surface area (Å²) in [6.07, 6.45) is 1.33. The van der Waals surface area contributed by atoms with E-state index in [1.807, 2.05) is 4.90 Å². The fourth-order valence-electron chi connectivity index (χ4n) is 3.78. The zero-order valence-electron chi connectivity index (χ0n) is 14.0. The van der Waals surface area contributed by atoms with Crippen LogP contribution in [0.4, 0.5) is 19.0 Å². The number of anilines is 1. The summed E-state index contributed by atoms with van der Waals surface area (Å²) >= 11 is 0. The smallest absolute Gasteiger partial charge is 0.365 e. The fraction of sp³-hybridized carbons (Fsp3) is 0.625. The highest BCUT2D eigenvalue weighted by atomic mass is 19.4. The summed E-state index contributed by atoms with van der Waals surface area (Å²) in [5.41, 5.74) is -1.02. The van der Waals surface area contributed by atoms with Gasteiger partial charge in [0.05, 0.1) is 0 Å². The van der Waals surface area contributed by atoms with Gasteiger partial charge in [-0.05, 0) is 19.3 Å². The van der Waals surface area contributed by atoms with Crippen molar-refractivity contribution < 1.29 is 18.0 Å². The second kappa shape index (κ2) is 6.40. The molecule has 140 valence electrons. The number of nitrogens with one attached hydrogen (secondary N) is 1. The summed E-state index contributed by atoms with van der Waals surface area (Å²) < 4.78 is 40.4. The number of carbonyl (C=O) groups excluding carboxylic acids is 1. The largest absolute Gasteiger partial charge is 0.433 e. The number of carbonyl (C=O) groups is 1. The Kier molecular flexibility index (Phi) is 4.20. The number of alkyl halides is 3. The molecule has 1 aliphatic carbocycles. The molecule has 1 saturated heterocycles. The van der Waals surface area contributed by atoms with Gasteiger partial charge < -0.3 is 10.2 Å². The van der Waals surface area contributed by atoms with Gasteiger partial charge in [-0.15, -0.1) is 0 Å². The fourth-order valence-corrected chi connectivity index (χ4v) is 3.78. The van der Waals surface area contributed by atoms with E-state index < -0.39 is 11.9 Å². The molecule has 26 heavy (non-hydrogen) atoms. The van der Waals surface area contributed by atoms with Gasteiger partial charge in [-0.25, -0.2) is 4.98 Å². The topological polar surface area (TPSA) is 75.4 Å². The minimum Gasteiger partial charge on any atom is -0.365 e. The maximum Gasteiger partial charge on any atom is 0.433 e. The van der Waals surface area contributed by atoms with Crippen molar-refractivity contribution in [3.8, 4) is 0 Å². The standard InChI is InChI=1S/C16H19F3N6O/c17-16(18,19)12-7-13(25-15(23-12)20-9-21-25)22-11-5-6-24(8-11)14(26)10-3-1-2-4-10/h7,9-11,22H,1-6,8H2. The zero-order chi connectivity index (χ0) is 18.3. The van der Waals surface area contributed by atoms with Gasteiger partial charge in [-0.1, -0.05) is 12.8 Å². The molecule has 7 nitrogen and oxygen atoms in total. The molecule has 2 aromatic heterocycles. The summed E-state index contributed by atoms with van der Waals surface area (Å²) in [5, 5.41) is 7.02. The van der Waals surface area contributed by atoms with Crippen LogP contribution >= 0.6 is 0 Å². The number of hydrogen-bond acceptors (Lipinski definition) is 5. The SMILES string of the molecule is O=C(C1CCCC1)N1CCC(Nc2cc(C(F)(F)F)nc3ncnn23)C1. The molecular formula is C16H19F3N6O. The van der Waals surface area contributed by atoms with Crippen molar-refractivity contribution in [2.75, 3.05) is 18.4 Å². The van der Waals surface area contributed by atoms with Gasteiger partial charge >= 0.3 is 6.18 Å². The average molecular weight is 368 g/mol. The van der Waals surface area contributed by atoms with Crippen LogP contribution in [0.2, 0.25) is 0 Å². The van der Waals surface area contributed by atoms with Gasteiger partial charge in [0.25, 0.3) is 5.78 Å². The lowest BCUT2D eigenvalue weighted by atomic mass is 10.1. The Balaban J connectivity index is 1.51. The molecule has 1 amide bonds. The summed E-state index contributed by atoms with van der Waals surface area (Å²) in [4.78, 5) is 21.6. The molecular weight excluding hydrogens is 349 g/mol. The Morgan fingerprint density at radius 2 is 2.00 bits per heavy atom. The highest BCUT2D eigenvalue weighted by Crippen LogP contribution is 2.31. The first kappa shape index (κ1) is 17.0. The van der Waals surface area contributed by atoms with Gasteiger partial charge in [0.2, 0.25) is 5.91 Å². The van der Waals surface area contributed by atoms with E-state index >= 15 is 0 Å². The minimum absolute atomic E-state index is 0.105. The van der Waals surface area contributed by atoms with Crippen LogP contribution in [0.15, 0.2) is 12.4 Å². The number of aromatic nitrogens is 4. The molecule has 1 N–H and O–H groups in total. The number of likely N-dealkylation sites (tertiary alicyclic amines) is 1. The van der Waals surface area contributed by atoms with Crippen LogP contribution in [0, 0.1) is 5.92 Å². The number of amides is 1. The quantitative estimate of drug-likeness (QED) is 0.900. The van der Waals surface area contributed by atoms with Crippen LogP contribution < -0.4 is 5.32 Å². The van der Waals surface area contributed by atoms with Crippen LogP contribution in [0.25, 0.3) is 5.78 Å². The summed E-state index contributed by atoms with van der Waals surface area (Å²) in [6, 6.07) is 0.805. The first-order valence-corrected chi connectivity index (χ1v) is 8.75. The van der Waals surface area contributed by atoms with Crippen molar-refractivity contribution in [1.29, 1.82) is 0 Å². The van der Waals surface area contributed by atoms with E-state index in [4.69, 9.17) is 0 Å². The van der Waals surface area contributed by atoms with E-state index in [9.17, 15) is 18.0 Å². The molecule has 2 aromatic rings. The predicted octanol–water partition coefficient (Wildman–Crippen LogP) is 2.35. The highest BCUT2D eigenvalue weighted by Gasteiger charge is 2.35. The van der Waals surface area contributed by atoms with E-state index in [0.29, 0.717) is 19.5 Å².